The van der Waals surface area contributed by atoms with Crippen molar-refractivity contribution < 1.29 is 4.74 Å². The fourth-order valence-electron chi connectivity index (χ4n) is 2.29. The Balaban J connectivity index is 1.98. The molecule has 0 radical (unpaired) electrons. The molecule has 1 aliphatic rings. The summed E-state index contributed by atoms with van der Waals surface area (Å²) >= 11 is 6.01. The first kappa shape index (κ1) is 12.1. The van der Waals surface area contributed by atoms with Gasteiger partial charge in [-0.15, -0.1) is 0 Å². The zero-order valence-electron chi connectivity index (χ0n) is 10.6. The Morgan fingerprint density at radius 2 is 2.11 bits per heavy atom. The summed E-state index contributed by atoms with van der Waals surface area (Å²) in [5, 5.41) is 4.14. The van der Waals surface area contributed by atoms with Crippen molar-refractivity contribution in [2.24, 2.45) is 0 Å². The quantitative estimate of drug-likeness (QED) is 0.879. The van der Waals surface area contributed by atoms with Gasteiger partial charge in [0.25, 0.3) is 0 Å². The maximum Gasteiger partial charge on any atom is 0.120 e. The average molecular weight is 272 g/mol. The first-order valence-electron chi connectivity index (χ1n) is 6.15. The Bertz CT molecular complexity index is 649. The number of anilines is 1. The largest absolute Gasteiger partial charge is 0.497 e. The van der Waals surface area contributed by atoms with Crippen molar-refractivity contribution in [3.05, 3.63) is 58.6 Å². The van der Waals surface area contributed by atoms with Gasteiger partial charge in [0.1, 0.15) is 5.75 Å². The average Bonchev–Trinajstić information content (AvgIpc) is 2.81. The predicted octanol–water partition coefficient (Wildman–Crippen LogP) is 4.31. The number of benzene rings is 2. The Labute approximate surface area is 117 Å². The second kappa shape index (κ2) is 4.98. The second-order valence-corrected chi connectivity index (χ2v) is 4.93. The standard InChI is InChI=1S/C16H14ClNO/c1-19-14-5-6-15-12(10-18-16(15)9-14)7-11-3-2-4-13(17)8-11/h2-9,18H,10H2,1H3/b12-7+. The van der Waals surface area contributed by atoms with E-state index in [0.29, 0.717) is 0 Å². The lowest BCUT2D eigenvalue weighted by Crippen LogP contribution is -1.91. The van der Waals surface area contributed by atoms with Gasteiger partial charge >= 0.3 is 0 Å². The van der Waals surface area contributed by atoms with E-state index in [1.807, 2.05) is 30.3 Å². The molecule has 3 rings (SSSR count). The van der Waals surface area contributed by atoms with Crippen LogP contribution in [0.25, 0.3) is 11.6 Å². The van der Waals surface area contributed by atoms with Crippen LogP contribution < -0.4 is 10.1 Å². The highest BCUT2D eigenvalue weighted by molar-refractivity contribution is 6.30. The molecule has 1 heterocycles. The number of rotatable bonds is 2. The second-order valence-electron chi connectivity index (χ2n) is 4.49. The van der Waals surface area contributed by atoms with Crippen LogP contribution in [0.5, 0.6) is 5.75 Å². The molecule has 1 N–H and O–H groups in total. The molecule has 0 spiro atoms. The molecule has 0 atom stereocenters. The van der Waals surface area contributed by atoms with Gasteiger partial charge in [-0.2, -0.15) is 0 Å². The fraction of sp³-hybridized carbons (Fsp3) is 0.125. The Hall–Kier alpha value is -1.93. The lowest BCUT2D eigenvalue weighted by molar-refractivity contribution is 0.415. The molecule has 0 amide bonds. The first-order valence-corrected chi connectivity index (χ1v) is 6.52. The highest BCUT2D eigenvalue weighted by atomic mass is 35.5. The number of halogens is 1. The third-order valence-corrected chi connectivity index (χ3v) is 3.47. The third-order valence-electron chi connectivity index (χ3n) is 3.23. The van der Waals surface area contributed by atoms with E-state index in [0.717, 1.165) is 28.6 Å². The van der Waals surface area contributed by atoms with Gasteiger partial charge in [-0.3, -0.25) is 0 Å². The molecule has 0 fully saturated rings. The van der Waals surface area contributed by atoms with Gasteiger partial charge in [0.15, 0.2) is 0 Å². The third kappa shape index (κ3) is 2.45. The van der Waals surface area contributed by atoms with Crippen molar-refractivity contribution in [2.45, 2.75) is 0 Å². The summed E-state index contributed by atoms with van der Waals surface area (Å²) in [5.41, 5.74) is 4.72. The van der Waals surface area contributed by atoms with Crippen molar-refractivity contribution in [2.75, 3.05) is 19.0 Å². The summed E-state index contributed by atoms with van der Waals surface area (Å²) < 4.78 is 5.23. The maximum absolute atomic E-state index is 6.01. The Kier molecular flexibility index (Phi) is 3.18. The molecule has 3 heteroatoms. The van der Waals surface area contributed by atoms with E-state index in [-0.39, 0.29) is 0 Å². The summed E-state index contributed by atoms with van der Waals surface area (Å²) in [4.78, 5) is 0. The zero-order valence-corrected chi connectivity index (χ0v) is 11.4. The molecule has 2 nitrogen and oxygen atoms in total. The van der Waals surface area contributed by atoms with E-state index < -0.39 is 0 Å². The zero-order chi connectivity index (χ0) is 13.2. The molecule has 19 heavy (non-hydrogen) atoms. The molecular formula is C16H14ClNO. The normalized spacial score (nSPS) is 15.2. The molecule has 0 saturated carbocycles. The van der Waals surface area contributed by atoms with Gasteiger partial charge in [-0.25, -0.2) is 0 Å². The summed E-state index contributed by atoms with van der Waals surface area (Å²) in [5.74, 6) is 0.871. The van der Waals surface area contributed by atoms with Crippen molar-refractivity contribution in [1.29, 1.82) is 0 Å². The van der Waals surface area contributed by atoms with Crippen molar-refractivity contribution in [3.63, 3.8) is 0 Å². The van der Waals surface area contributed by atoms with Crippen LogP contribution in [0.15, 0.2) is 42.5 Å². The summed E-state index contributed by atoms with van der Waals surface area (Å²) in [7, 11) is 1.68. The highest BCUT2D eigenvalue weighted by Gasteiger charge is 2.15. The SMILES string of the molecule is COc1ccc2c(c1)NC/C2=C\c1cccc(Cl)c1. The van der Waals surface area contributed by atoms with Gasteiger partial charge in [0.2, 0.25) is 0 Å². The topological polar surface area (TPSA) is 21.3 Å². The monoisotopic (exact) mass is 271 g/mol. The van der Waals surface area contributed by atoms with E-state index in [1.165, 1.54) is 11.1 Å². The van der Waals surface area contributed by atoms with E-state index in [1.54, 1.807) is 7.11 Å². The van der Waals surface area contributed by atoms with Gasteiger partial charge in [0.05, 0.1) is 7.11 Å². The number of ether oxygens (including phenoxy) is 1. The minimum absolute atomic E-state index is 0.760. The van der Waals surface area contributed by atoms with Crippen molar-refractivity contribution in [1.82, 2.24) is 0 Å². The predicted molar refractivity (Wildman–Crippen MR) is 80.8 cm³/mol. The molecule has 2 aromatic rings. The molecule has 0 aliphatic carbocycles. The van der Waals surface area contributed by atoms with Crippen LogP contribution in [0.3, 0.4) is 0 Å². The van der Waals surface area contributed by atoms with E-state index in [2.05, 4.69) is 23.5 Å². The first-order chi connectivity index (χ1) is 9.26. The highest BCUT2D eigenvalue weighted by Crippen LogP contribution is 2.34. The van der Waals surface area contributed by atoms with Gasteiger partial charge < -0.3 is 10.1 Å². The maximum atomic E-state index is 6.01. The lowest BCUT2D eigenvalue weighted by atomic mass is 10.0. The summed E-state index contributed by atoms with van der Waals surface area (Å²) in [6, 6.07) is 14.0. The van der Waals surface area contributed by atoms with E-state index in [4.69, 9.17) is 16.3 Å². The van der Waals surface area contributed by atoms with E-state index >= 15 is 0 Å². The molecular weight excluding hydrogens is 258 g/mol. The van der Waals surface area contributed by atoms with Crippen LogP contribution in [-0.2, 0) is 0 Å². The van der Waals surface area contributed by atoms with Crippen LogP contribution in [0.4, 0.5) is 5.69 Å². The Morgan fingerprint density at radius 3 is 2.89 bits per heavy atom. The lowest BCUT2D eigenvalue weighted by Gasteiger charge is -2.03. The molecule has 0 bridgehead atoms. The molecule has 0 saturated heterocycles. The summed E-state index contributed by atoms with van der Waals surface area (Å²) in [6.45, 7) is 0.828. The minimum Gasteiger partial charge on any atom is -0.497 e. The van der Waals surface area contributed by atoms with Gasteiger partial charge in [-0.05, 0) is 41.5 Å². The fourth-order valence-corrected chi connectivity index (χ4v) is 2.49. The number of hydrogen-bond donors (Lipinski definition) is 1. The molecule has 0 unspecified atom stereocenters. The Morgan fingerprint density at radius 1 is 1.21 bits per heavy atom. The minimum atomic E-state index is 0.760. The number of methoxy groups -OCH3 is 1. The van der Waals surface area contributed by atoms with Crippen LogP contribution in [0, 0.1) is 0 Å². The van der Waals surface area contributed by atoms with Crippen LogP contribution in [-0.4, -0.2) is 13.7 Å². The van der Waals surface area contributed by atoms with Crippen LogP contribution >= 0.6 is 11.6 Å². The molecule has 2 aromatic carbocycles. The summed E-state index contributed by atoms with van der Waals surface area (Å²) in [6.07, 6.45) is 2.16. The van der Waals surface area contributed by atoms with Gasteiger partial charge in [0, 0.05) is 28.9 Å². The molecule has 1 aliphatic heterocycles. The van der Waals surface area contributed by atoms with Gasteiger partial charge in [-0.1, -0.05) is 23.7 Å². The number of fused-ring (bicyclic) bond motifs is 1. The van der Waals surface area contributed by atoms with Crippen LogP contribution in [0.2, 0.25) is 5.02 Å². The van der Waals surface area contributed by atoms with Crippen molar-refractivity contribution in [3.8, 4) is 5.75 Å². The number of nitrogens with one attached hydrogen (secondary N) is 1. The van der Waals surface area contributed by atoms with E-state index in [9.17, 15) is 0 Å². The smallest absolute Gasteiger partial charge is 0.120 e. The van der Waals surface area contributed by atoms with Crippen LogP contribution in [0.1, 0.15) is 11.1 Å². The molecule has 0 aromatic heterocycles. The number of hydrogen-bond acceptors (Lipinski definition) is 2. The van der Waals surface area contributed by atoms with Crippen molar-refractivity contribution >= 4 is 28.9 Å². The molecule has 96 valence electrons.